The van der Waals surface area contributed by atoms with Crippen LogP contribution in [0, 0.1) is 0 Å². The molecule has 1 fully saturated rings. The maximum atomic E-state index is 6.17. The van der Waals surface area contributed by atoms with Gasteiger partial charge in [0.1, 0.15) is 11.6 Å². The highest BCUT2D eigenvalue weighted by Gasteiger charge is 2.27. The van der Waals surface area contributed by atoms with Crippen LogP contribution in [0.2, 0.25) is 0 Å². The predicted octanol–water partition coefficient (Wildman–Crippen LogP) is 3.24. The molecule has 0 aromatic carbocycles. The molecule has 28 heavy (non-hydrogen) atoms. The number of aromatic nitrogens is 5. The van der Waals surface area contributed by atoms with Gasteiger partial charge in [-0.15, -0.1) is 0 Å². The molecule has 4 heterocycles. The summed E-state index contributed by atoms with van der Waals surface area (Å²) >= 11 is 0. The molecule has 0 amide bonds. The molecule has 148 valence electrons. The van der Waals surface area contributed by atoms with E-state index in [1.54, 1.807) is 6.20 Å². The van der Waals surface area contributed by atoms with E-state index in [1.165, 1.54) is 0 Å². The summed E-state index contributed by atoms with van der Waals surface area (Å²) in [6, 6.07) is 5.92. The van der Waals surface area contributed by atoms with E-state index in [4.69, 9.17) is 14.7 Å². The molecule has 0 aliphatic carbocycles. The van der Waals surface area contributed by atoms with Gasteiger partial charge in [0.15, 0.2) is 5.65 Å². The van der Waals surface area contributed by atoms with Crippen molar-refractivity contribution in [3.8, 4) is 0 Å². The Morgan fingerprint density at radius 3 is 2.82 bits per heavy atom. The lowest BCUT2D eigenvalue weighted by molar-refractivity contribution is 0.0297. The molecule has 0 unspecified atom stereocenters. The molecular formula is C21H28N6O. The molecule has 0 N–H and O–H groups in total. The zero-order valence-corrected chi connectivity index (χ0v) is 17.1. The number of aryl methyl sites for hydroxylation is 1. The molecule has 1 aliphatic heterocycles. The van der Waals surface area contributed by atoms with Crippen LogP contribution in [-0.2, 0) is 23.8 Å². The minimum atomic E-state index is -0.127. The molecule has 0 bridgehead atoms. The van der Waals surface area contributed by atoms with E-state index in [-0.39, 0.29) is 11.5 Å². The van der Waals surface area contributed by atoms with Gasteiger partial charge in [-0.3, -0.25) is 9.67 Å². The Kier molecular flexibility index (Phi) is 5.02. The first-order valence-corrected chi connectivity index (χ1v) is 9.88. The molecule has 3 aromatic rings. The summed E-state index contributed by atoms with van der Waals surface area (Å²) in [6.45, 7) is 8.75. The third-order valence-corrected chi connectivity index (χ3v) is 5.11. The third-order valence-electron chi connectivity index (χ3n) is 5.11. The van der Waals surface area contributed by atoms with E-state index in [0.29, 0.717) is 6.61 Å². The fourth-order valence-corrected chi connectivity index (χ4v) is 3.54. The van der Waals surface area contributed by atoms with Crippen molar-refractivity contribution in [2.45, 2.75) is 51.7 Å². The molecule has 1 atom stereocenters. The van der Waals surface area contributed by atoms with Gasteiger partial charge in [0, 0.05) is 31.7 Å². The van der Waals surface area contributed by atoms with Crippen molar-refractivity contribution in [2.24, 2.45) is 7.05 Å². The molecule has 7 nitrogen and oxygen atoms in total. The van der Waals surface area contributed by atoms with Gasteiger partial charge in [-0.25, -0.2) is 9.97 Å². The Balaban J connectivity index is 1.58. The van der Waals surface area contributed by atoms with E-state index < -0.39 is 0 Å². The number of fused-ring (bicyclic) bond motifs is 1. The largest absolute Gasteiger partial charge is 0.370 e. The Morgan fingerprint density at radius 1 is 1.21 bits per heavy atom. The number of anilines is 1. The number of ether oxygens (including phenoxy) is 1. The average molecular weight is 380 g/mol. The maximum absolute atomic E-state index is 6.17. The van der Waals surface area contributed by atoms with Gasteiger partial charge in [0.05, 0.1) is 30.0 Å². The Labute approximate surface area is 165 Å². The number of hydrogen-bond donors (Lipinski definition) is 0. The van der Waals surface area contributed by atoms with Crippen molar-refractivity contribution in [1.82, 2.24) is 24.7 Å². The SMILES string of the molecule is Cn1ncc2c(N3CCC[C@H](OCc4ccccn4)C3)nc(C(C)(C)C)nc21. The standard InChI is InChI=1S/C21H28N6O/c1-21(2,3)20-24-18-17(12-23-26(18)4)19(25-20)27-11-7-9-16(13-27)28-14-15-8-5-6-10-22-15/h5-6,8,10,12,16H,7,9,11,13-14H2,1-4H3/t16-/m0/s1. The number of piperidine rings is 1. The highest BCUT2D eigenvalue weighted by Crippen LogP contribution is 2.30. The number of nitrogens with zero attached hydrogens (tertiary/aromatic N) is 6. The molecular weight excluding hydrogens is 352 g/mol. The van der Waals surface area contributed by atoms with E-state index in [1.807, 2.05) is 36.1 Å². The zero-order chi connectivity index (χ0) is 19.7. The molecule has 1 saturated heterocycles. The monoisotopic (exact) mass is 380 g/mol. The van der Waals surface area contributed by atoms with Crippen LogP contribution in [0.3, 0.4) is 0 Å². The fraction of sp³-hybridized carbons (Fsp3) is 0.524. The smallest absolute Gasteiger partial charge is 0.163 e. The summed E-state index contributed by atoms with van der Waals surface area (Å²) in [5, 5.41) is 5.42. The van der Waals surface area contributed by atoms with Crippen LogP contribution in [0.5, 0.6) is 0 Å². The summed E-state index contributed by atoms with van der Waals surface area (Å²) in [5.74, 6) is 1.81. The first-order valence-electron chi connectivity index (χ1n) is 9.88. The summed E-state index contributed by atoms with van der Waals surface area (Å²) in [6.07, 6.45) is 5.96. The lowest BCUT2D eigenvalue weighted by Gasteiger charge is -2.34. The van der Waals surface area contributed by atoms with Crippen LogP contribution in [0.4, 0.5) is 5.82 Å². The topological polar surface area (TPSA) is 69.0 Å². The van der Waals surface area contributed by atoms with Crippen LogP contribution in [0.15, 0.2) is 30.6 Å². The molecule has 1 aliphatic rings. The predicted molar refractivity (Wildman–Crippen MR) is 109 cm³/mol. The van der Waals surface area contributed by atoms with Crippen LogP contribution in [0.25, 0.3) is 11.0 Å². The van der Waals surface area contributed by atoms with Gasteiger partial charge in [-0.2, -0.15) is 5.10 Å². The van der Waals surface area contributed by atoms with Gasteiger partial charge >= 0.3 is 0 Å². The molecule has 0 spiro atoms. The minimum absolute atomic E-state index is 0.127. The van der Waals surface area contributed by atoms with Crippen LogP contribution in [0.1, 0.15) is 45.1 Å². The van der Waals surface area contributed by atoms with E-state index in [0.717, 1.165) is 54.3 Å². The van der Waals surface area contributed by atoms with E-state index in [9.17, 15) is 0 Å². The molecule has 0 radical (unpaired) electrons. The Morgan fingerprint density at radius 2 is 2.07 bits per heavy atom. The number of rotatable bonds is 4. The van der Waals surface area contributed by atoms with Gasteiger partial charge in [0.2, 0.25) is 0 Å². The highest BCUT2D eigenvalue weighted by atomic mass is 16.5. The van der Waals surface area contributed by atoms with Gasteiger partial charge in [-0.1, -0.05) is 26.8 Å². The van der Waals surface area contributed by atoms with Gasteiger partial charge in [-0.05, 0) is 25.0 Å². The number of hydrogen-bond acceptors (Lipinski definition) is 6. The first-order chi connectivity index (χ1) is 13.4. The van der Waals surface area contributed by atoms with Crippen molar-refractivity contribution in [1.29, 1.82) is 0 Å². The second kappa shape index (κ2) is 7.47. The van der Waals surface area contributed by atoms with Crippen molar-refractivity contribution in [3.05, 3.63) is 42.1 Å². The lowest BCUT2D eigenvalue weighted by atomic mass is 9.95. The third kappa shape index (κ3) is 3.85. The quantitative estimate of drug-likeness (QED) is 0.692. The first kappa shape index (κ1) is 18.8. The van der Waals surface area contributed by atoms with Crippen LogP contribution < -0.4 is 4.90 Å². The molecule has 4 rings (SSSR count). The van der Waals surface area contributed by atoms with Crippen molar-refractivity contribution in [3.63, 3.8) is 0 Å². The Hall–Kier alpha value is -2.54. The van der Waals surface area contributed by atoms with Gasteiger partial charge < -0.3 is 9.64 Å². The van der Waals surface area contributed by atoms with Gasteiger partial charge in [0.25, 0.3) is 0 Å². The maximum Gasteiger partial charge on any atom is 0.163 e. The van der Waals surface area contributed by atoms with E-state index in [2.05, 4.69) is 35.8 Å². The van der Waals surface area contributed by atoms with Crippen molar-refractivity contribution < 1.29 is 4.74 Å². The van der Waals surface area contributed by atoms with E-state index >= 15 is 0 Å². The summed E-state index contributed by atoms with van der Waals surface area (Å²) in [5.41, 5.74) is 1.72. The number of pyridine rings is 1. The lowest BCUT2D eigenvalue weighted by Crippen LogP contribution is -2.40. The van der Waals surface area contributed by atoms with Crippen molar-refractivity contribution in [2.75, 3.05) is 18.0 Å². The zero-order valence-electron chi connectivity index (χ0n) is 17.1. The second-order valence-electron chi connectivity index (χ2n) is 8.47. The second-order valence-corrected chi connectivity index (χ2v) is 8.47. The summed E-state index contributed by atoms with van der Waals surface area (Å²) in [7, 11) is 1.93. The molecule has 0 saturated carbocycles. The molecule has 7 heteroatoms. The minimum Gasteiger partial charge on any atom is -0.370 e. The normalized spacial score (nSPS) is 18.0. The summed E-state index contributed by atoms with van der Waals surface area (Å²) < 4.78 is 8.00. The fourth-order valence-electron chi connectivity index (χ4n) is 3.54. The van der Waals surface area contributed by atoms with Crippen molar-refractivity contribution >= 4 is 16.9 Å². The van der Waals surface area contributed by atoms with Crippen LogP contribution >= 0.6 is 0 Å². The highest BCUT2D eigenvalue weighted by molar-refractivity contribution is 5.87. The molecule has 3 aromatic heterocycles. The van der Waals surface area contributed by atoms with Crippen LogP contribution in [-0.4, -0.2) is 43.9 Å². The Bertz CT molecular complexity index is 947. The average Bonchev–Trinajstić information content (AvgIpc) is 3.07. The summed E-state index contributed by atoms with van der Waals surface area (Å²) in [4.78, 5) is 16.4.